The Balaban J connectivity index is 1.79. The van der Waals surface area contributed by atoms with Crippen LogP contribution in [0, 0.1) is 0 Å². The highest BCUT2D eigenvalue weighted by molar-refractivity contribution is 6.05. The summed E-state index contributed by atoms with van der Waals surface area (Å²) in [4.78, 5) is 16.3. The first-order chi connectivity index (χ1) is 10.2. The topological polar surface area (TPSA) is 80.0 Å². The van der Waals surface area contributed by atoms with Gasteiger partial charge in [0.05, 0.1) is 11.2 Å². The van der Waals surface area contributed by atoms with Crippen molar-refractivity contribution in [2.75, 3.05) is 16.4 Å². The number of rotatable bonds is 2. The number of fused-ring (bicyclic) bond motifs is 1. The molecule has 0 unspecified atom stereocenters. The second-order valence-electron chi connectivity index (χ2n) is 4.58. The highest BCUT2D eigenvalue weighted by Gasteiger charge is 2.06. The van der Waals surface area contributed by atoms with Gasteiger partial charge in [-0.05, 0) is 48.5 Å². The Morgan fingerprint density at radius 2 is 1.76 bits per heavy atom. The van der Waals surface area contributed by atoms with Crippen molar-refractivity contribution in [3.63, 3.8) is 0 Å². The van der Waals surface area contributed by atoms with Gasteiger partial charge in [0, 0.05) is 23.0 Å². The van der Waals surface area contributed by atoms with Crippen molar-refractivity contribution >= 4 is 34.0 Å². The number of nitrogens with zero attached hydrogens (tertiary/aromatic N) is 1. The Labute approximate surface area is 121 Å². The number of benzene rings is 2. The van der Waals surface area contributed by atoms with Gasteiger partial charge in [0.1, 0.15) is 0 Å². The molecule has 0 saturated carbocycles. The molecule has 0 bridgehead atoms. The Morgan fingerprint density at radius 1 is 0.952 bits per heavy atom. The second kappa shape index (κ2) is 5.50. The summed E-state index contributed by atoms with van der Waals surface area (Å²) in [6.07, 6.45) is 1.72. The highest BCUT2D eigenvalue weighted by atomic mass is 16.2. The largest absolute Gasteiger partial charge is 0.399 e. The summed E-state index contributed by atoms with van der Waals surface area (Å²) in [6.45, 7) is 0. The van der Waals surface area contributed by atoms with Crippen LogP contribution in [0.25, 0.3) is 10.9 Å². The monoisotopic (exact) mass is 278 g/mol. The van der Waals surface area contributed by atoms with Gasteiger partial charge < -0.3 is 16.4 Å². The molecule has 3 rings (SSSR count). The fourth-order valence-electron chi connectivity index (χ4n) is 2.06. The van der Waals surface area contributed by atoms with E-state index in [0.717, 1.165) is 10.9 Å². The third kappa shape index (κ3) is 2.92. The van der Waals surface area contributed by atoms with Crippen LogP contribution < -0.4 is 16.4 Å². The Bertz CT molecular complexity index is 778. The van der Waals surface area contributed by atoms with Gasteiger partial charge in [-0.25, -0.2) is 4.79 Å². The predicted octanol–water partition coefficient (Wildman–Crippen LogP) is 3.46. The zero-order valence-electron chi connectivity index (χ0n) is 11.2. The molecule has 21 heavy (non-hydrogen) atoms. The molecule has 3 aromatic rings. The van der Waals surface area contributed by atoms with Gasteiger partial charge in [-0.1, -0.05) is 6.07 Å². The first-order valence-corrected chi connectivity index (χ1v) is 6.50. The SMILES string of the molecule is Nc1ccc(NC(=O)Nc2cccc3ncccc23)cc1. The van der Waals surface area contributed by atoms with E-state index in [4.69, 9.17) is 5.73 Å². The zero-order chi connectivity index (χ0) is 14.7. The molecule has 2 amide bonds. The van der Waals surface area contributed by atoms with E-state index in [1.807, 2.05) is 30.3 Å². The molecule has 0 saturated heterocycles. The third-order valence-electron chi connectivity index (χ3n) is 3.06. The summed E-state index contributed by atoms with van der Waals surface area (Å²) in [5.74, 6) is 0. The summed E-state index contributed by atoms with van der Waals surface area (Å²) in [5.41, 5.74) is 8.49. The van der Waals surface area contributed by atoms with Gasteiger partial charge in [0.25, 0.3) is 0 Å². The number of nitrogens with one attached hydrogen (secondary N) is 2. The van der Waals surface area contributed by atoms with Gasteiger partial charge in [0.15, 0.2) is 0 Å². The van der Waals surface area contributed by atoms with Crippen LogP contribution in [-0.2, 0) is 0 Å². The molecule has 0 fully saturated rings. The number of carbonyl (C=O) groups is 1. The van der Waals surface area contributed by atoms with Crippen LogP contribution in [-0.4, -0.2) is 11.0 Å². The third-order valence-corrected chi connectivity index (χ3v) is 3.06. The number of nitrogens with two attached hydrogens (primary N) is 1. The van der Waals surface area contributed by atoms with Crippen LogP contribution in [0.2, 0.25) is 0 Å². The smallest absolute Gasteiger partial charge is 0.323 e. The van der Waals surface area contributed by atoms with E-state index in [2.05, 4.69) is 15.6 Å². The van der Waals surface area contributed by atoms with Crippen molar-refractivity contribution in [3.8, 4) is 0 Å². The van der Waals surface area contributed by atoms with Crippen LogP contribution in [0.15, 0.2) is 60.8 Å². The van der Waals surface area contributed by atoms with E-state index in [1.165, 1.54) is 0 Å². The number of hydrogen-bond acceptors (Lipinski definition) is 3. The molecule has 2 aromatic carbocycles. The number of hydrogen-bond donors (Lipinski definition) is 3. The number of carbonyl (C=O) groups excluding carboxylic acids is 1. The Kier molecular flexibility index (Phi) is 3.39. The molecular formula is C16H14N4O. The molecule has 0 aliphatic carbocycles. The van der Waals surface area contributed by atoms with Crippen molar-refractivity contribution < 1.29 is 4.79 Å². The standard InChI is InChI=1S/C16H14N4O/c17-11-6-8-12(9-7-11)19-16(21)20-15-5-1-4-14-13(15)3-2-10-18-14/h1-10H,17H2,(H2,19,20,21). The van der Waals surface area contributed by atoms with Crippen molar-refractivity contribution in [1.29, 1.82) is 0 Å². The summed E-state index contributed by atoms with van der Waals surface area (Å²) in [6, 6.07) is 16.0. The van der Waals surface area contributed by atoms with E-state index in [1.54, 1.807) is 30.5 Å². The minimum Gasteiger partial charge on any atom is -0.399 e. The summed E-state index contributed by atoms with van der Waals surface area (Å²) < 4.78 is 0. The molecule has 0 radical (unpaired) electrons. The van der Waals surface area contributed by atoms with Gasteiger partial charge in [-0.2, -0.15) is 0 Å². The molecule has 1 aromatic heterocycles. The molecule has 1 heterocycles. The first kappa shape index (κ1) is 12.9. The van der Waals surface area contributed by atoms with Crippen molar-refractivity contribution in [1.82, 2.24) is 4.98 Å². The van der Waals surface area contributed by atoms with Crippen LogP contribution in [0.4, 0.5) is 21.9 Å². The maximum atomic E-state index is 12.0. The van der Waals surface area contributed by atoms with Gasteiger partial charge in [-0.15, -0.1) is 0 Å². The predicted molar refractivity (Wildman–Crippen MR) is 85.2 cm³/mol. The summed E-state index contributed by atoms with van der Waals surface area (Å²) >= 11 is 0. The lowest BCUT2D eigenvalue weighted by atomic mass is 10.2. The number of nitrogen functional groups attached to an aromatic ring is 1. The quantitative estimate of drug-likeness (QED) is 0.628. The van der Waals surface area contributed by atoms with E-state index in [0.29, 0.717) is 17.1 Å². The van der Waals surface area contributed by atoms with Crippen LogP contribution in [0.5, 0.6) is 0 Å². The minimum atomic E-state index is -0.309. The number of pyridine rings is 1. The van der Waals surface area contributed by atoms with Crippen LogP contribution >= 0.6 is 0 Å². The second-order valence-corrected chi connectivity index (χ2v) is 4.58. The maximum Gasteiger partial charge on any atom is 0.323 e. The van der Waals surface area contributed by atoms with Crippen molar-refractivity contribution in [3.05, 3.63) is 60.8 Å². The molecule has 0 aliphatic rings. The van der Waals surface area contributed by atoms with Gasteiger partial charge >= 0.3 is 6.03 Å². The van der Waals surface area contributed by atoms with Crippen LogP contribution in [0.3, 0.4) is 0 Å². The van der Waals surface area contributed by atoms with Crippen molar-refractivity contribution in [2.24, 2.45) is 0 Å². The van der Waals surface area contributed by atoms with E-state index < -0.39 is 0 Å². The normalized spacial score (nSPS) is 10.3. The van der Waals surface area contributed by atoms with E-state index >= 15 is 0 Å². The first-order valence-electron chi connectivity index (χ1n) is 6.50. The van der Waals surface area contributed by atoms with Crippen LogP contribution in [0.1, 0.15) is 0 Å². The highest BCUT2D eigenvalue weighted by Crippen LogP contribution is 2.21. The number of urea groups is 1. The maximum absolute atomic E-state index is 12.0. The molecular weight excluding hydrogens is 264 g/mol. The Morgan fingerprint density at radius 3 is 2.57 bits per heavy atom. The molecule has 0 atom stereocenters. The summed E-state index contributed by atoms with van der Waals surface area (Å²) in [7, 11) is 0. The molecule has 0 spiro atoms. The lowest BCUT2D eigenvalue weighted by molar-refractivity contribution is 0.262. The molecule has 5 heteroatoms. The van der Waals surface area contributed by atoms with Gasteiger partial charge in [-0.3, -0.25) is 4.98 Å². The van der Waals surface area contributed by atoms with E-state index in [-0.39, 0.29) is 6.03 Å². The van der Waals surface area contributed by atoms with Gasteiger partial charge in [0.2, 0.25) is 0 Å². The fraction of sp³-hybridized carbons (Fsp3) is 0. The fourth-order valence-corrected chi connectivity index (χ4v) is 2.06. The minimum absolute atomic E-state index is 0.309. The lowest BCUT2D eigenvalue weighted by Gasteiger charge is -2.10. The molecule has 0 aliphatic heterocycles. The zero-order valence-corrected chi connectivity index (χ0v) is 11.2. The summed E-state index contributed by atoms with van der Waals surface area (Å²) in [5, 5.41) is 6.48. The lowest BCUT2D eigenvalue weighted by Crippen LogP contribution is -2.19. The average molecular weight is 278 g/mol. The molecule has 5 nitrogen and oxygen atoms in total. The molecule has 104 valence electrons. The number of anilines is 3. The van der Waals surface area contributed by atoms with Crippen molar-refractivity contribution in [2.45, 2.75) is 0 Å². The average Bonchev–Trinajstić information content (AvgIpc) is 2.50. The molecule has 4 N–H and O–H groups in total. The number of aromatic nitrogens is 1. The Hall–Kier alpha value is -3.08. The van der Waals surface area contributed by atoms with E-state index in [9.17, 15) is 4.79 Å². The number of amides is 2.